The second kappa shape index (κ2) is 10.1. The van der Waals surface area contributed by atoms with Crippen molar-refractivity contribution in [1.82, 2.24) is 4.98 Å². The van der Waals surface area contributed by atoms with E-state index in [0.717, 1.165) is 12.1 Å². The summed E-state index contributed by atoms with van der Waals surface area (Å²) >= 11 is 0. The van der Waals surface area contributed by atoms with Crippen LogP contribution in [0.5, 0.6) is 28.7 Å². The van der Waals surface area contributed by atoms with E-state index < -0.39 is 26.7 Å². The quantitative estimate of drug-likeness (QED) is 0.302. The molecule has 0 aliphatic rings. The Hall–Kier alpha value is -4.19. The van der Waals surface area contributed by atoms with Crippen molar-refractivity contribution in [2.24, 2.45) is 0 Å². The standard InChI is InChI=1S/C25H21F3N2O6S/c1-33-21-12-15(30-37(31,32)24-7-5-4-6-17(24)25(26,27)28)8-9-20(21)36-19-10-11-29-18-14-23(35-3)22(34-2)13-16(18)19/h4-14,30H,1-3H3. The van der Waals surface area contributed by atoms with Crippen LogP contribution >= 0.6 is 0 Å². The minimum absolute atomic E-state index is 0.0211. The van der Waals surface area contributed by atoms with Crippen molar-refractivity contribution in [1.29, 1.82) is 0 Å². The molecule has 0 saturated heterocycles. The van der Waals surface area contributed by atoms with Crippen molar-refractivity contribution in [2.75, 3.05) is 26.1 Å². The topological polar surface area (TPSA) is 96.0 Å². The molecule has 1 heterocycles. The first-order chi connectivity index (χ1) is 17.6. The van der Waals surface area contributed by atoms with Gasteiger partial charge in [-0.3, -0.25) is 9.71 Å². The number of methoxy groups -OCH3 is 3. The molecule has 0 saturated carbocycles. The number of rotatable bonds is 8. The van der Waals surface area contributed by atoms with Crippen LogP contribution in [-0.4, -0.2) is 34.7 Å². The highest BCUT2D eigenvalue weighted by Crippen LogP contribution is 2.40. The van der Waals surface area contributed by atoms with Crippen LogP contribution in [0.4, 0.5) is 18.9 Å². The highest BCUT2D eigenvalue weighted by molar-refractivity contribution is 7.92. The Morgan fingerprint density at radius 2 is 1.43 bits per heavy atom. The van der Waals surface area contributed by atoms with Gasteiger partial charge in [-0.15, -0.1) is 0 Å². The number of anilines is 1. The summed E-state index contributed by atoms with van der Waals surface area (Å²) in [7, 11) is -0.219. The number of hydrogen-bond acceptors (Lipinski definition) is 7. The Morgan fingerprint density at radius 1 is 0.784 bits per heavy atom. The third kappa shape index (κ3) is 5.33. The monoisotopic (exact) mass is 534 g/mol. The zero-order valence-corrected chi connectivity index (χ0v) is 20.6. The highest BCUT2D eigenvalue weighted by Gasteiger charge is 2.37. The number of alkyl halides is 3. The maximum absolute atomic E-state index is 13.3. The van der Waals surface area contributed by atoms with E-state index in [2.05, 4.69) is 9.71 Å². The molecule has 1 N–H and O–H groups in total. The highest BCUT2D eigenvalue weighted by atomic mass is 32.2. The first-order valence-corrected chi connectivity index (χ1v) is 12.1. The van der Waals surface area contributed by atoms with Gasteiger partial charge in [0.2, 0.25) is 0 Å². The fourth-order valence-electron chi connectivity index (χ4n) is 3.62. The third-order valence-corrected chi connectivity index (χ3v) is 6.76. The van der Waals surface area contributed by atoms with Gasteiger partial charge in [0.05, 0.1) is 43.0 Å². The zero-order chi connectivity index (χ0) is 26.8. The molecular weight excluding hydrogens is 513 g/mol. The van der Waals surface area contributed by atoms with Crippen LogP contribution in [0.15, 0.2) is 71.8 Å². The number of halogens is 3. The van der Waals surface area contributed by atoms with Crippen LogP contribution in [0, 0.1) is 0 Å². The molecule has 0 spiro atoms. The molecule has 0 unspecified atom stereocenters. The van der Waals surface area contributed by atoms with E-state index in [1.54, 1.807) is 18.2 Å². The van der Waals surface area contributed by atoms with Crippen LogP contribution < -0.4 is 23.7 Å². The lowest BCUT2D eigenvalue weighted by Crippen LogP contribution is -2.18. The summed E-state index contributed by atoms with van der Waals surface area (Å²) in [6.07, 6.45) is -3.31. The Kier molecular flexibility index (Phi) is 7.03. The molecule has 0 bridgehead atoms. The summed E-state index contributed by atoms with van der Waals surface area (Å²) in [5, 5.41) is 0.607. The molecule has 0 amide bonds. The molecule has 1 aromatic heterocycles. The second-order valence-electron chi connectivity index (χ2n) is 7.60. The van der Waals surface area contributed by atoms with Crippen LogP contribution in [0.2, 0.25) is 0 Å². The number of pyridine rings is 1. The molecule has 0 aliphatic carbocycles. The van der Waals surface area contributed by atoms with Gasteiger partial charge in [0.1, 0.15) is 5.75 Å². The summed E-state index contributed by atoms with van der Waals surface area (Å²) in [6, 6.07) is 13.0. The van der Waals surface area contributed by atoms with Crippen molar-refractivity contribution >= 4 is 26.6 Å². The van der Waals surface area contributed by atoms with E-state index in [9.17, 15) is 21.6 Å². The first-order valence-electron chi connectivity index (χ1n) is 10.6. The van der Waals surface area contributed by atoms with Crippen LogP contribution in [0.3, 0.4) is 0 Å². The largest absolute Gasteiger partial charge is 0.493 e. The van der Waals surface area contributed by atoms with E-state index in [0.29, 0.717) is 34.2 Å². The molecule has 0 radical (unpaired) electrons. The molecule has 3 aromatic carbocycles. The molecule has 4 aromatic rings. The van der Waals surface area contributed by atoms with Gasteiger partial charge in [0.25, 0.3) is 10.0 Å². The van der Waals surface area contributed by atoms with Gasteiger partial charge in [-0.1, -0.05) is 12.1 Å². The Bertz CT molecular complexity index is 1560. The van der Waals surface area contributed by atoms with Gasteiger partial charge < -0.3 is 18.9 Å². The van der Waals surface area contributed by atoms with E-state index in [-0.39, 0.29) is 17.2 Å². The molecule has 0 aliphatic heterocycles. The molecule has 12 heteroatoms. The molecule has 4 rings (SSSR count). The van der Waals surface area contributed by atoms with Crippen molar-refractivity contribution in [3.8, 4) is 28.7 Å². The van der Waals surface area contributed by atoms with Gasteiger partial charge in [-0.2, -0.15) is 13.2 Å². The number of benzene rings is 3. The van der Waals surface area contributed by atoms with Gasteiger partial charge in [-0.25, -0.2) is 8.42 Å². The normalized spacial score (nSPS) is 11.7. The molecule has 8 nitrogen and oxygen atoms in total. The number of aromatic nitrogens is 1. The van der Waals surface area contributed by atoms with E-state index in [4.69, 9.17) is 18.9 Å². The zero-order valence-electron chi connectivity index (χ0n) is 19.8. The Balaban J connectivity index is 1.67. The predicted octanol–water partition coefficient (Wildman–Crippen LogP) is 5.87. The summed E-state index contributed by atoms with van der Waals surface area (Å²) < 4.78 is 89.8. The number of fused-ring (bicyclic) bond motifs is 1. The maximum Gasteiger partial charge on any atom is 0.417 e. The minimum Gasteiger partial charge on any atom is -0.493 e. The average Bonchev–Trinajstić information content (AvgIpc) is 2.88. The molecule has 0 fully saturated rings. The lowest BCUT2D eigenvalue weighted by atomic mass is 10.1. The number of nitrogens with one attached hydrogen (secondary N) is 1. The van der Waals surface area contributed by atoms with Crippen molar-refractivity contribution in [3.63, 3.8) is 0 Å². The maximum atomic E-state index is 13.3. The lowest BCUT2D eigenvalue weighted by Gasteiger charge is -2.16. The second-order valence-corrected chi connectivity index (χ2v) is 9.25. The van der Waals surface area contributed by atoms with Crippen molar-refractivity contribution in [2.45, 2.75) is 11.1 Å². The number of nitrogens with zero attached hydrogens (tertiary/aromatic N) is 1. The summed E-state index contributed by atoms with van der Waals surface area (Å²) in [5.41, 5.74) is -0.722. The summed E-state index contributed by atoms with van der Waals surface area (Å²) in [4.78, 5) is 3.42. The van der Waals surface area contributed by atoms with Crippen LogP contribution in [0.1, 0.15) is 5.56 Å². The van der Waals surface area contributed by atoms with E-state index in [1.807, 2.05) is 0 Å². The molecular formula is C25H21F3N2O6S. The number of sulfonamides is 1. The number of hydrogen-bond donors (Lipinski definition) is 1. The first kappa shape index (κ1) is 25.9. The van der Waals surface area contributed by atoms with Gasteiger partial charge >= 0.3 is 6.18 Å². The Labute approximate surface area is 210 Å². The fraction of sp³-hybridized carbons (Fsp3) is 0.160. The minimum atomic E-state index is -4.85. The summed E-state index contributed by atoms with van der Waals surface area (Å²) in [6.45, 7) is 0. The van der Waals surface area contributed by atoms with E-state index >= 15 is 0 Å². The Morgan fingerprint density at radius 3 is 2.11 bits per heavy atom. The van der Waals surface area contributed by atoms with Gasteiger partial charge in [-0.05, 0) is 36.4 Å². The summed E-state index contributed by atoms with van der Waals surface area (Å²) in [5.74, 6) is 1.71. The molecule has 37 heavy (non-hydrogen) atoms. The average molecular weight is 535 g/mol. The van der Waals surface area contributed by atoms with Crippen LogP contribution in [-0.2, 0) is 16.2 Å². The third-order valence-electron chi connectivity index (χ3n) is 5.32. The fourth-order valence-corrected chi connectivity index (χ4v) is 4.89. The molecule has 0 atom stereocenters. The van der Waals surface area contributed by atoms with Crippen LogP contribution in [0.25, 0.3) is 10.9 Å². The SMILES string of the molecule is COc1cc2nccc(Oc3ccc(NS(=O)(=O)c4ccccc4C(F)(F)F)cc3OC)c2cc1OC. The number of ether oxygens (including phenoxy) is 4. The van der Waals surface area contributed by atoms with Gasteiger partial charge in [0, 0.05) is 23.7 Å². The lowest BCUT2D eigenvalue weighted by molar-refractivity contribution is -0.139. The van der Waals surface area contributed by atoms with Gasteiger partial charge in [0.15, 0.2) is 23.0 Å². The molecule has 194 valence electrons. The predicted molar refractivity (Wildman–Crippen MR) is 130 cm³/mol. The van der Waals surface area contributed by atoms with Crippen molar-refractivity contribution < 1.29 is 40.5 Å². The van der Waals surface area contributed by atoms with Crippen molar-refractivity contribution in [3.05, 3.63) is 72.4 Å². The van der Waals surface area contributed by atoms with E-state index in [1.165, 1.54) is 51.8 Å². The smallest absolute Gasteiger partial charge is 0.417 e.